The van der Waals surface area contributed by atoms with Crippen molar-refractivity contribution >= 4 is 22.4 Å². The maximum atomic E-state index is 4.31. The normalized spacial score (nSPS) is 10.8. The van der Waals surface area contributed by atoms with Gasteiger partial charge in [0.1, 0.15) is 0 Å². The Hall–Kier alpha value is -2.29. The van der Waals surface area contributed by atoms with Gasteiger partial charge in [0, 0.05) is 18.4 Å². The van der Waals surface area contributed by atoms with Crippen LogP contribution in [0.1, 0.15) is 5.56 Å². The molecule has 0 aliphatic carbocycles. The summed E-state index contributed by atoms with van der Waals surface area (Å²) in [7, 11) is 2.00. The third kappa shape index (κ3) is 1.95. The predicted molar refractivity (Wildman–Crippen MR) is 75.2 cm³/mol. The van der Waals surface area contributed by atoms with Gasteiger partial charge in [-0.2, -0.15) is 0 Å². The first kappa shape index (κ1) is 10.8. The predicted octanol–water partition coefficient (Wildman–Crippen LogP) is 3.63. The van der Waals surface area contributed by atoms with Gasteiger partial charge in [0.25, 0.3) is 0 Å². The number of fused-ring (bicyclic) bond motifs is 1. The molecular weight excluding hydrogens is 222 g/mol. The molecule has 0 unspecified atom stereocenters. The Labute approximate surface area is 106 Å². The molecule has 3 aromatic rings. The highest BCUT2D eigenvalue weighted by atomic mass is 15.0. The van der Waals surface area contributed by atoms with Gasteiger partial charge in [-0.3, -0.25) is 0 Å². The number of hydrogen-bond acceptors (Lipinski definition) is 2. The van der Waals surface area contributed by atoms with E-state index in [9.17, 15) is 0 Å². The Kier molecular flexibility index (Phi) is 2.52. The molecule has 0 aliphatic rings. The lowest BCUT2D eigenvalue weighted by Gasteiger charge is -2.07. The minimum atomic E-state index is 1.02. The molecule has 1 aromatic heterocycles. The van der Waals surface area contributed by atoms with Gasteiger partial charge in [-0.1, -0.05) is 17.7 Å². The van der Waals surface area contributed by atoms with E-state index in [0.29, 0.717) is 0 Å². The molecular formula is C15H15N3. The van der Waals surface area contributed by atoms with Gasteiger partial charge in [-0.25, -0.2) is 4.98 Å². The molecule has 0 atom stereocenters. The number of aryl methyl sites for hydroxylation is 2. The minimum Gasteiger partial charge on any atom is -0.355 e. The SMILES string of the molecule is Cc1ccc(Nc2ccc3ncn(C)c3c2)cc1. The molecule has 0 fully saturated rings. The first-order chi connectivity index (χ1) is 8.72. The van der Waals surface area contributed by atoms with Crippen LogP contribution in [0.15, 0.2) is 48.8 Å². The first-order valence-electron chi connectivity index (χ1n) is 5.97. The molecule has 2 aromatic carbocycles. The maximum absolute atomic E-state index is 4.31. The van der Waals surface area contributed by atoms with Crippen LogP contribution in [0.25, 0.3) is 11.0 Å². The quantitative estimate of drug-likeness (QED) is 0.737. The highest BCUT2D eigenvalue weighted by molar-refractivity contribution is 5.80. The van der Waals surface area contributed by atoms with Crippen LogP contribution in [0, 0.1) is 6.92 Å². The van der Waals surface area contributed by atoms with Gasteiger partial charge in [-0.15, -0.1) is 0 Å². The van der Waals surface area contributed by atoms with Crippen molar-refractivity contribution in [3.8, 4) is 0 Å². The Morgan fingerprint density at radius 2 is 1.72 bits per heavy atom. The van der Waals surface area contributed by atoms with Crippen LogP contribution in [-0.2, 0) is 7.05 Å². The van der Waals surface area contributed by atoms with Gasteiger partial charge in [0.15, 0.2) is 0 Å². The summed E-state index contributed by atoms with van der Waals surface area (Å²) in [5.41, 5.74) is 5.60. The second kappa shape index (κ2) is 4.18. The average molecular weight is 237 g/mol. The summed E-state index contributed by atoms with van der Waals surface area (Å²) in [6.07, 6.45) is 1.83. The zero-order valence-corrected chi connectivity index (χ0v) is 10.5. The molecule has 0 saturated heterocycles. The summed E-state index contributed by atoms with van der Waals surface area (Å²) in [5.74, 6) is 0. The molecule has 3 heteroatoms. The van der Waals surface area contributed by atoms with E-state index < -0.39 is 0 Å². The average Bonchev–Trinajstić information content (AvgIpc) is 2.74. The number of anilines is 2. The van der Waals surface area contributed by atoms with Crippen LogP contribution in [0.4, 0.5) is 11.4 Å². The summed E-state index contributed by atoms with van der Waals surface area (Å²) in [5, 5.41) is 3.40. The smallest absolute Gasteiger partial charge is 0.0955 e. The molecule has 0 radical (unpaired) electrons. The summed E-state index contributed by atoms with van der Waals surface area (Å²) in [6, 6.07) is 14.6. The van der Waals surface area contributed by atoms with Crippen LogP contribution in [0.3, 0.4) is 0 Å². The maximum Gasteiger partial charge on any atom is 0.0955 e. The zero-order chi connectivity index (χ0) is 12.5. The molecule has 3 rings (SSSR count). The lowest BCUT2D eigenvalue weighted by atomic mass is 10.2. The molecule has 0 saturated carbocycles. The Morgan fingerprint density at radius 3 is 2.50 bits per heavy atom. The summed E-state index contributed by atoms with van der Waals surface area (Å²) in [6.45, 7) is 2.09. The number of benzene rings is 2. The Balaban J connectivity index is 1.94. The van der Waals surface area contributed by atoms with Crippen LogP contribution in [0.2, 0.25) is 0 Å². The van der Waals surface area contributed by atoms with Gasteiger partial charge < -0.3 is 9.88 Å². The molecule has 0 spiro atoms. The first-order valence-corrected chi connectivity index (χ1v) is 5.97. The highest BCUT2D eigenvalue weighted by Crippen LogP contribution is 2.21. The summed E-state index contributed by atoms with van der Waals surface area (Å²) >= 11 is 0. The van der Waals surface area contributed by atoms with Gasteiger partial charge in [-0.05, 0) is 37.3 Å². The van der Waals surface area contributed by atoms with Crippen molar-refractivity contribution < 1.29 is 0 Å². The molecule has 0 amide bonds. The van der Waals surface area contributed by atoms with Gasteiger partial charge >= 0.3 is 0 Å². The van der Waals surface area contributed by atoms with Crippen molar-refractivity contribution in [2.75, 3.05) is 5.32 Å². The van der Waals surface area contributed by atoms with Crippen LogP contribution < -0.4 is 5.32 Å². The van der Waals surface area contributed by atoms with E-state index in [-0.39, 0.29) is 0 Å². The fourth-order valence-electron chi connectivity index (χ4n) is 2.01. The molecule has 1 heterocycles. The fraction of sp³-hybridized carbons (Fsp3) is 0.133. The van der Waals surface area contributed by atoms with E-state index in [1.807, 2.05) is 24.0 Å². The fourth-order valence-corrected chi connectivity index (χ4v) is 2.01. The monoisotopic (exact) mass is 237 g/mol. The molecule has 18 heavy (non-hydrogen) atoms. The van der Waals surface area contributed by atoms with Crippen LogP contribution in [-0.4, -0.2) is 9.55 Å². The summed E-state index contributed by atoms with van der Waals surface area (Å²) < 4.78 is 2.02. The largest absolute Gasteiger partial charge is 0.355 e. The standard InChI is InChI=1S/C15H15N3/c1-11-3-5-12(6-4-11)17-13-7-8-14-15(9-13)18(2)10-16-14/h3-10,17H,1-2H3. The third-order valence-electron chi connectivity index (χ3n) is 3.07. The van der Waals surface area contributed by atoms with E-state index in [0.717, 1.165) is 22.4 Å². The highest BCUT2D eigenvalue weighted by Gasteiger charge is 2.01. The Morgan fingerprint density at radius 1 is 1.00 bits per heavy atom. The van der Waals surface area contributed by atoms with Crippen molar-refractivity contribution in [1.29, 1.82) is 0 Å². The molecule has 1 N–H and O–H groups in total. The van der Waals surface area contributed by atoms with E-state index in [1.165, 1.54) is 5.56 Å². The third-order valence-corrected chi connectivity index (χ3v) is 3.07. The second-order valence-corrected chi connectivity index (χ2v) is 4.55. The lowest BCUT2D eigenvalue weighted by molar-refractivity contribution is 0.948. The molecule has 0 bridgehead atoms. The number of imidazole rings is 1. The van der Waals surface area contributed by atoms with Crippen molar-refractivity contribution in [3.63, 3.8) is 0 Å². The number of aromatic nitrogens is 2. The number of nitrogens with zero attached hydrogens (tertiary/aromatic N) is 2. The van der Waals surface area contributed by atoms with E-state index in [4.69, 9.17) is 0 Å². The number of rotatable bonds is 2. The number of hydrogen-bond donors (Lipinski definition) is 1. The lowest BCUT2D eigenvalue weighted by Crippen LogP contribution is -1.91. The molecule has 3 nitrogen and oxygen atoms in total. The van der Waals surface area contributed by atoms with Gasteiger partial charge in [0.2, 0.25) is 0 Å². The number of nitrogens with one attached hydrogen (secondary N) is 1. The van der Waals surface area contributed by atoms with Crippen molar-refractivity contribution in [1.82, 2.24) is 9.55 Å². The van der Waals surface area contributed by atoms with E-state index in [2.05, 4.69) is 53.6 Å². The second-order valence-electron chi connectivity index (χ2n) is 4.55. The van der Waals surface area contributed by atoms with Crippen molar-refractivity contribution in [2.24, 2.45) is 7.05 Å². The van der Waals surface area contributed by atoms with Crippen LogP contribution >= 0.6 is 0 Å². The van der Waals surface area contributed by atoms with Crippen LogP contribution in [0.5, 0.6) is 0 Å². The van der Waals surface area contributed by atoms with Crippen molar-refractivity contribution in [3.05, 3.63) is 54.4 Å². The molecule has 90 valence electrons. The van der Waals surface area contributed by atoms with E-state index in [1.54, 1.807) is 0 Å². The topological polar surface area (TPSA) is 29.9 Å². The summed E-state index contributed by atoms with van der Waals surface area (Å²) in [4.78, 5) is 4.31. The van der Waals surface area contributed by atoms with E-state index >= 15 is 0 Å². The van der Waals surface area contributed by atoms with Crippen molar-refractivity contribution in [2.45, 2.75) is 6.92 Å². The Bertz CT molecular complexity index is 681. The molecule has 0 aliphatic heterocycles. The van der Waals surface area contributed by atoms with Gasteiger partial charge in [0.05, 0.1) is 17.4 Å². The zero-order valence-electron chi connectivity index (χ0n) is 10.5. The minimum absolute atomic E-state index is 1.02.